The molecule has 0 saturated carbocycles. The van der Waals surface area contributed by atoms with Crippen LogP contribution in [0.3, 0.4) is 0 Å². The van der Waals surface area contributed by atoms with E-state index >= 15 is 0 Å². The highest BCUT2D eigenvalue weighted by Crippen LogP contribution is 2.66. The predicted molar refractivity (Wildman–Crippen MR) is 220 cm³/mol. The largest absolute Gasteiger partial charge is 0.456 e. The van der Waals surface area contributed by atoms with Crippen LogP contribution in [0.5, 0.6) is 0 Å². The van der Waals surface area contributed by atoms with E-state index in [1.54, 1.807) is 0 Å². The van der Waals surface area contributed by atoms with Crippen LogP contribution in [0.15, 0.2) is 191 Å². The number of hydrogen-bond acceptors (Lipinski definition) is 5. The highest BCUT2D eigenvalue weighted by atomic mass is 16.3. The Hall–Kier alpha value is -7.37. The summed E-state index contributed by atoms with van der Waals surface area (Å²) >= 11 is 0. The molecule has 0 bridgehead atoms. The molecular weight excluding hydrogens is 675 g/mol. The molecule has 6 aromatic carbocycles. The second kappa shape index (κ2) is 11.8. The average Bonchev–Trinajstić information content (AvgIpc) is 3.99. The van der Waals surface area contributed by atoms with E-state index in [9.17, 15) is 0 Å². The number of nitrogens with zero attached hydrogens (tertiary/aromatic N) is 3. The number of benzene rings is 6. The van der Waals surface area contributed by atoms with E-state index in [0.717, 1.165) is 88.9 Å². The third-order valence-electron chi connectivity index (χ3n) is 11.2. The molecule has 0 amide bonds. The molecule has 1 unspecified atom stereocenters. The van der Waals surface area contributed by atoms with Gasteiger partial charge in [-0.15, -0.1) is 0 Å². The molecule has 0 saturated heterocycles. The van der Waals surface area contributed by atoms with Crippen LogP contribution in [0.4, 0.5) is 0 Å². The van der Waals surface area contributed by atoms with Crippen molar-refractivity contribution in [3.05, 3.63) is 205 Å². The molecule has 2 aliphatic carbocycles. The minimum Gasteiger partial charge on any atom is -0.456 e. The molecule has 55 heavy (non-hydrogen) atoms. The van der Waals surface area contributed by atoms with Gasteiger partial charge in [0.2, 0.25) is 0 Å². The number of fused-ring (bicyclic) bond motifs is 10. The summed E-state index contributed by atoms with van der Waals surface area (Å²) in [5.74, 6) is 2.83. The van der Waals surface area contributed by atoms with Crippen LogP contribution in [0, 0.1) is 0 Å². The minimum absolute atomic E-state index is 0.437. The Labute approximate surface area is 317 Å². The lowest BCUT2D eigenvalue weighted by molar-refractivity contribution is 0.581. The van der Waals surface area contributed by atoms with Gasteiger partial charge in [0.1, 0.15) is 16.9 Å². The molecular formula is C50H31N3O2. The smallest absolute Gasteiger partial charge is 0.200 e. The molecule has 9 aromatic rings. The van der Waals surface area contributed by atoms with Crippen LogP contribution in [0.2, 0.25) is 0 Å². The molecule has 0 N–H and O–H groups in total. The SMILES string of the molecule is C=CC1=C(C=C)C2(c3ccccc31)c1ccccc1-c1c(-c3ccccc3)oc(-c3nc(-c4ccccc4)nc(-c4ccc5c(c4)oc4ccccc45)n3)c12. The number of furan rings is 2. The maximum Gasteiger partial charge on any atom is 0.200 e. The summed E-state index contributed by atoms with van der Waals surface area (Å²) in [4.78, 5) is 15.6. The summed E-state index contributed by atoms with van der Waals surface area (Å²) in [6, 6.07) is 51.8. The lowest BCUT2D eigenvalue weighted by atomic mass is 9.69. The van der Waals surface area contributed by atoms with Gasteiger partial charge in [0.15, 0.2) is 23.2 Å². The van der Waals surface area contributed by atoms with E-state index in [2.05, 4.69) is 92.0 Å². The minimum atomic E-state index is -0.771. The van der Waals surface area contributed by atoms with E-state index in [-0.39, 0.29) is 0 Å². The Balaban J connectivity index is 1.25. The molecule has 5 nitrogen and oxygen atoms in total. The van der Waals surface area contributed by atoms with Gasteiger partial charge in [-0.25, -0.2) is 15.0 Å². The maximum atomic E-state index is 7.22. The molecule has 0 radical (unpaired) electrons. The zero-order valence-corrected chi connectivity index (χ0v) is 29.7. The van der Waals surface area contributed by atoms with Gasteiger partial charge in [0.25, 0.3) is 0 Å². The van der Waals surface area contributed by atoms with Gasteiger partial charge in [0.05, 0.1) is 5.41 Å². The molecule has 1 spiro atoms. The van der Waals surface area contributed by atoms with Crippen molar-refractivity contribution < 1.29 is 8.83 Å². The fourth-order valence-electron chi connectivity index (χ4n) is 8.93. The summed E-state index contributed by atoms with van der Waals surface area (Å²) in [5, 5.41) is 2.10. The van der Waals surface area contributed by atoms with Crippen LogP contribution < -0.4 is 0 Å². The van der Waals surface area contributed by atoms with Gasteiger partial charge >= 0.3 is 0 Å². The van der Waals surface area contributed by atoms with Crippen molar-refractivity contribution in [2.24, 2.45) is 0 Å². The highest BCUT2D eigenvalue weighted by Gasteiger charge is 2.55. The third-order valence-corrected chi connectivity index (χ3v) is 11.2. The first-order valence-electron chi connectivity index (χ1n) is 18.3. The predicted octanol–water partition coefficient (Wildman–Crippen LogP) is 12.5. The van der Waals surface area contributed by atoms with E-state index in [1.807, 2.05) is 84.9 Å². The van der Waals surface area contributed by atoms with E-state index < -0.39 is 5.41 Å². The third kappa shape index (κ3) is 4.32. The second-order valence-electron chi connectivity index (χ2n) is 13.9. The zero-order valence-electron chi connectivity index (χ0n) is 29.7. The molecule has 3 aromatic heterocycles. The summed E-state index contributed by atoms with van der Waals surface area (Å²) in [6.45, 7) is 8.71. The Kier molecular flexibility index (Phi) is 6.70. The lowest BCUT2D eigenvalue weighted by Crippen LogP contribution is -2.27. The van der Waals surface area contributed by atoms with Crippen molar-refractivity contribution in [3.8, 4) is 56.8 Å². The number of rotatable bonds is 6. The first-order valence-corrected chi connectivity index (χ1v) is 18.3. The highest BCUT2D eigenvalue weighted by molar-refractivity contribution is 6.06. The fourth-order valence-corrected chi connectivity index (χ4v) is 8.93. The lowest BCUT2D eigenvalue weighted by Gasteiger charge is -2.31. The van der Waals surface area contributed by atoms with Crippen molar-refractivity contribution in [3.63, 3.8) is 0 Å². The Morgan fingerprint density at radius 2 is 1.07 bits per heavy atom. The first-order chi connectivity index (χ1) is 27.2. The van der Waals surface area contributed by atoms with E-state index in [0.29, 0.717) is 23.2 Å². The molecule has 3 heterocycles. The quantitative estimate of drug-likeness (QED) is 0.172. The molecule has 5 heteroatoms. The van der Waals surface area contributed by atoms with Gasteiger partial charge in [0, 0.05) is 38.6 Å². The second-order valence-corrected chi connectivity index (χ2v) is 13.9. The summed E-state index contributed by atoms with van der Waals surface area (Å²) in [7, 11) is 0. The Bertz CT molecular complexity index is 3080. The van der Waals surface area contributed by atoms with Gasteiger partial charge < -0.3 is 8.83 Å². The van der Waals surface area contributed by atoms with Crippen molar-refractivity contribution in [2.45, 2.75) is 5.41 Å². The van der Waals surface area contributed by atoms with Crippen LogP contribution in [0.1, 0.15) is 22.3 Å². The summed E-state index contributed by atoms with van der Waals surface area (Å²) in [5.41, 5.74) is 12.1. The molecule has 1 atom stereocenters. The topological polar surface area (TPSA) is 65.0 Å². The Morgan fingerprint density at radius 3 is 1.82 bits per heavy atom. The summed E-state index contributed by atoms with van der Waals surface area (Å²) < 4.78 is 13.5. The van der Waals surface area contributed by atoms with Crippen molar-refractivity contribution in [2.75, 3.05) is 0 Å². The normalized spacial score (nSPS) is 15.4. The molecule has 0 aliphatic heterocycles. The zero-order chi connectivity index (χ0) is 36.7. The fraction of sp³-hybridized carbons (Fsp3) is 0.0200. The van der Waals surface area contributed by atoms with Crippen LogP contribution in [-0.2, 0) is 5.41 Å². The number of allylic oxidation sites excluding steroid dienone is 4. The number of para-hydroxylation sites is 1. The first kappa shape index (κ1) is 31.2. The summed E-state index contributed by atoms with van der Waals surface area (Å²) in [6.07, 6.45) is 3.93. The molecule has 258 valence electrons. The van der Waals surface area contributed by atoms with Crippen LogP contribution >= 0.6 is 0 Å². The molecule has 0 fully saturated rings. The van der Waals surface area contributed by atoms with Crippen LogP contribution in [0.25, 0.3) is 84.3 Å². The van der Waals surface area contributed by atoms with Crippen molar-refractivity contribution >= 4 is 27.5 Å². The van der Waals surface area contributed by atoms with Crippen molar-refractivity contribution in [1.82, 2.24) is 15.0 Å². The molecule has 2 aliphatic rings. The van der Waals surface area contributed by atoms with E-state index in [1.165, 1.54) is 0 Å². The van der Waals surface area contributed by atoms with Crippen molar-refractivity contribution in [1.29, 1.82) is 0 Å². The monoisotopic (exact) mass is 705 g/mol. The average molecular weight is 706 g/mol. The molecule has 11 rings (SSSR count). The van der Waals surface area contributed by atoms with E-state index in [4.69, 9.17) is 23.8 Å². The van der Waals surface area contributed by atoms with Gasteiger partial charge in [-0.3, -0.25) is 0 Å². The number of hydrogen-bond donors (Lipinski definition) is 0. The number of aromatic nitrogens is 3. The van der Waals surface area contributed by atoms with Gasteiger partial charge in [-0.05, 0) is 51.6 Å². The van der Waals surface area contributed by atoms with Gasteiger partial charge in [-0.1, -0.05) is 159 Å². The van der Waals surface area contributed by atoms with Crippen LogP contribution in [-0.4, -0.2) is 15.0 Å². The van der Waals surface area contributed by atoms with Gasteiger partial charge in [-0.2, -0.15) is 0 Å². The standard InChI is InChI=1S/C50H31N3O2/c1-3-33-34-21-11-14-24-39(34)50(38(33)4-2)40-25-15-12-23-37(40)43-44(50)46(55-45(43)30-17-7-5-8-18-30)49-52-47(31-19-9-6-10-20-31)51-48(53-49)32-27-28-36-35-22-13-16-26-41(35)54-42(36)29-32/h3-29H,1-2H2. The maximum absolute atomic E-state index is 7.22. The Morgan fingerprint density at radius 1 is 0.473 bits per heavy atom.